The Balaban J connectivity index is 2.69. The first kappa shape index (κ1) is 15.2. The summed E-state index contributed by atoms with van der Waals surface area (Å²) in [5.74, 6) is 0. The van der Waals surface area contributed by atoms with Gasteiger partial charge in [0.25, 0.3) is 0 Å². The lowest BCUT2D eigenvalue weighted by Gasteiger charge is -2.30. The van der Waals surface area contributed by atoms with E-state index in [1.165, 1.54) is 24.0 Å². The van der Waals surface area contributed by atoms with Crippen LogP contribution in [0.4, 0.5) is 0 Å². The van der Waals surface area contributed by atoms with Gasteiger partial charge in [0, 0.05) is 25.7 Å². The molecule has 0 fully saturated rings. The Kier molecular flexibility index (Phi) is 6.99. The smallest absolute Gasteiger partial charge is 0.0237 e. The van der Waals surface area contributed by atoms with Crippen LogP contribution in [-0.2, 0) is 13.0 Å². The van der Waals surface area contributed by atoms with Gasteiger partial charge < -0.3 is 5.73 Å². The summed E-state index contributed by atoms with van der Waals surface area (Å²) in [7, 11) is 0. The van der Waals surface area contributed by atoms with Gasteiger partial charge in [-0.2, -0.15) is 0 Å². The van der Waals surface area contributed by atoms with E-state index in [4.69, 9.17) is 5.73 Å². The van der Waals surface area contributed by atoms with Crippen molar-refractivity contribution < 1.29 is 0 Å². The Bertz CT molecular complexity index is 314. The van der Waals surface area contributed by atoms with Crippen LogP contribution < -0.4 is 5.73 Å². The molecule has 0 aliphatic rings. The molecule has 0 aromatic heterocycles. The fraction of sp³-hybridized carbons (Fsp3) is 0.625. The Morgan fingerprint density at radius 1 is 1.00 bits per heavy atom. The fourth-order valence-corrected chi connectivity index (χ4v) is 2.48. The van der Waals surface area contributed by atoms with Gasteiger partial charge in [0.05, 0.1) is 0 Å². The van der Waals surface area contributed by atoms with Gasteiger partial charge in [0.2, 0.25) is 0 Å². The van der Waals surface area contributed by atoms with Crippen LogP contribution in [0, 0.1) is 0 Å². The minimum Gasteiger partial charge on any atom is -0.329 e. The van der Waals surface area contributed by atoms with E-state index in [9.17, 15) is 0 Å². The highest BCUT2D eigenvalue weighted by molar-refractivity contribution is 5.22. The molecule has 0 heterocycles. The van der Waals surface area contributed by atoms with Gasteiger partial charge in [0.15, 0.2) is 0 Å². The van der Waals surface area contributed by atoms with Crippen LogP contribution in [0.5, 0.6) is 0 Å². The summed E-state index contributed by atoms with van der Waals surface area (Å²) in [5.41, 5.74) is 8.54. The van der Waals surface area contributed by atoms with E-state index in [-0.39, 0.29) is 0 Å². The predicted molar refractivity (Wildman–Crippen MR) is 79.7 cm³/mol. The molecule has 0 amide bonds. The van der Waals surface area contributed by atoms with Gasteiger partial charge in [-0.1, -0.05) is 45.0 Å². The van der Waals surface area contributed by atoms with E-state index in [1.54, 1.807) is 0 Å². The molecule has 1 aromatic rings. The van der Waals surface area contributed by atoms with Gasteiger partial charge >= 0.3 is 0 Å². The van der Waals surface area contributed by atoms with Crippen molar-refractivity contribution in [3.63, 3.8) is 0 Å². The van der Waals surface area contributed by atoms with E-state index in [2.05, 4.69) is 49.9 Å². The third kappa shape index (κ3) is 4.43. The summed E-state index contributed by atoms with van der Waals surface area (Å²) in [4.78, 5) is 2.51. The highest BCUT2D eigenvalue weighted by Crippen LogP contribution is 2.14. The highest BCUT2D eigenvalue weighted by atomic mass is 15.2. The van der Waals surface area contributed by atoms with Crippen LogP contribution in [-0.4, -0.2) is 24.0 Å². The summed E-state index contributed by atoms with van der Waals surface area (Å²) >= 11 is 0. The number of hydrogen-bond donors (Lipinski definition) is 1. The Labute approximate surface area is 112 Å². The van der Waals surface area contributed by atoms with E-state index in [0.29, 0.717) is 6.04 Å². The third-order valence-corrected chi connectivity index (χ3v) is 3.69. The predicted octanol–water partition coefficient (Wildman–Crippen LogP) is 3.20. The number of nitrogens with zero attached hydrogens (tertiary/aromatic N) is 1. The Morgan fingerprint density at radius 3 is 2.00 bits per heavy atom. The van der Waals surface area contributed by atoms with Crippen LogP contribution >= 0.6 is 0 Å². The van der Waals surface area contributed by atoms with E-state index < -0.39 is 0 Å². The molecule has 0 bridgehead atoms. The van der Waals surface area contributed by atoms with Crippen molar-refractivity contribution in [1.29, 1.82) is 0 Å². The molecule has 1 rings (SSSR count). The van der Waals surface area contributed by atoms with Crippen LogP contribution in [0.15, 0.2) is 24.3 Å². The molecule has 0 spiro atoms. The quantitative estimate of drug-likeness (QED) is 0.765. The van der Waals surface area contributed by atoms with Crippen molar-refractivity contribution in [2.75, 3.05) is 13.1 Å². The lowest BCUT2D eigenvalue weighted by molar-refractivity contribution is 0.182. The summed E-state index contributed by atoms with van der Waals surface area (Å²) in [5, 5.41) is 0. The first-order chi connectivity index (χ1) is 8.74. The van der Waals surface area contributed by atoms with Crippen molar-refractivity contribution in [2.45, 2.75) is 52.6 Å². The highest BCUT2D eigenvalue weighted by Gasteiger charge is 2.14. The standard InChI is InChI=1S/C16H28N2/c1-4-14-7-9-15(10-8-14)13-18(12-11-17)16(5-2)6-3/h7-10,16H,4-6,11-13,17H2,1-3H3. The molecule has 2 N–H and O–H groups in total. The van der Waals surface area contributed by atoms with Crippen molar-refractivity contribution in [3.8, 4) is 0 Å². The first-order valence-corrected chi connectivity index (χ1v) is 7.27. The molecule has 1 aromatic carbocycles. The van der Waals surface area contributed by atoms with Crippen LogP contribution in [0.1, 0.15) is 44.7 Å². The molecule has 0 saturated heterocycles. The number of nitrogens with two attached hydrogens (primary N) is 1. The van der Waals surface area contributed by atoms with Crippen molar-refractivity contribution in [1.82, 2.24) is 4.90 Å². The molecule has 2 nitrogen and oxygen atoms in total. The van der Waals surface area contributed by atoms with Crippen molar-refractivity contribution >= 4 is 0 Å². The second kappa shape index (κ2) is 8.28. The maximum atomic E-state index is 5.73. The summed E-state index contributed by atoms with van der Waals surface area (Å²) in [6.07, 6.45) is 3.51. The zero-order valence-corrected chi connectivity index (χ0v) is 12.2. The third-order valence-electron chi connectivity index (χ3n) is 3.69. The fourth-order valence-electron chi connectivity index (χ4n) is 2.48. The average Bonchev–Trinajstić information content (AvgIpc) is 2.41. The van der Waals surface area contributed by atoms with Crippen LogP contribution in [0.2, 0.25) is 0 Å². The van der Waals surface area contributed by atoms with Crippen LogP contribution in [0.25, 0.3) is 0 Å². The molecule has 102 valence electrons. The largest absolute Gasteiger partial charge is 0.329 e. The van der Waals surface area contributed by atoms with E-state index in [0.717, 1.165) is 26.1 Å². The molecule has 0 radical (unpaired) electrons. The molecule has 0 unspecified atom stereocenters. The SMILES string of the molecule is CCc1ccc(CN(CCN)C(CC)CC)cc1. The lowest BCUT2D eigenvalue weighted by Crippen LogP contribution is -2.37. The van der Waals surface area contributed by atoms with Gasteiger partial charge in [-0.25, -0.2) is 0 Å². The van der Waals surface area contributed by atoms with Gasteiger partial charge in [-0.3, -0.25) is 4.90 Å². The Hall–Kier alpha value is -0.860. The monoisotopic (exact) mass is 248 g/mol. The number of rotatable bonds is 8. The number of aryl methyl sites for hydroxylation is 1. The zero-order valence-electron chi connectivity index (χ0n) is 12.2. The molecule has 0 atom stereocenters. The molecular formula is C16H28N2. The van der Waals surface area contributed by atoms with Gasteiger partial charge in [-0.15, -0.1) is 0 Å². The maximum Gasteiger partial charge on any atom is 0.0237 e. The minimum absolute atomic E-state index is 0.652. The molecule has 2 heteroatoms. The van der Waals surface area contributed by atoms with Crippen LogP contribution in [0.3, 0.4) is 0 Å². The molecule has 0 aliphatic heterocycles. The minimum atomic E-state index is 0.652. The second-order valence-electron chi connectivity index (χ2n) is 4.90. The van der Waals surface area contributed by atoms with Gasteiger partial charge in [0.1, 0.15) is 0 Å². The molecule has 0 aliphatic carbocycles. The van der Waals surface area contributed by atoms with Gasteiger partial charge in [-0.05, 0) is 30.4 Å². The second-order valence-corrected chi connectivity index (χ2v) is 4.90. The first-order valence-electron chi connectivity index (χ1n) is 7.27. The normalized spacial score (nSPS) is 11.4. The topological polar surface area (TPSA) is 29.3 Å². The number of hydrogen-bond acceptors (Lipinski definition) is 2. The average molecular weight is 248 g/mol. The van der Waals surface area contributed by atoms with Crippen molar-refractivity contribution in [2.24, 2.45) is 5.73 Å². The molecule has 0 saturated carbocycles. The molecular weight excluding hydrogens is 220 g/mol. The zero-order chi connectivity index (χ0) is 13.4. The summed E-state index contributed by atoms with van der Waals surface area (Å²) < 4.78 is 0. The summed E-state index contributed by atoms with van der Waals surface area (Å²) in [6, 6.07) is 9.64. The van der Waals surface area contributed by atoms with E-state index >= 15 is 0 Å². The molecule has 18 heavy (non-hydrogen) atoms. The summed E-state index contributed by atoms with van der Waals surface area (Å²) in [6.45, 7) is 9.47. The Morgan fingerprint density at radius 2 is 1.56 bits per heavy atom. The van der Waals surface area contributed by atoms with E-state index in [1.807, 2.05) is 0 Å². The lowest BCUT2D eigenvalue weighted by atomic mass is 10.1. The maximum absolute atomic E-state index is 5.73. The van der Waals surface area contributed by atoms with Crippen molar-refractivity contribution in [3.05, 3.63) is 35.4 Å². The number of benzene rings is 1.